The molecule has 3 aliphatic heterocycles. The van der Waals surface area contributed by atoms with E-state index in [1.54, 1.807) is 60.7 Å². The number of benzene rings is 2. The molecule has 0 unspecified atom stereocenters. The first-order valence-corrected chi connectivity index (χ1v) is 35.1. The van der Waals surface area contributed by atoms with Crippen molar-refractivity contribution in [1.82, 2.24) is 51.9 Å². The summed E-state index contributed by atoms with van der Waals surface area (Å²) in [6, 6.07) is 3.77. The monoisotopic (exact) mass is 1390 g/mol. The molecule has 11 atom stereocenters. The number of nitrogens with zero attached hydrogens (tertiary/aromatic N) is 4. The van der Waals surface area contributed by atoms with Crippen molar-refractivity contribution in [1.29, 1.82) is 0 Å². The lowest BCUT2D eigenvalue weighted by Gasteiger charge is -2.32. The summed E-state index contributed by atoms with van der Waals surface area (Å²) in [5.74, 6) is -9.34. The molecule has 2 aromatic rings. The molecule has 3 heterocycles. The molecule has 0 aromatic heterocycles. The van der Waals surface area contributed by atoms with Crippen LogP contribution < -0.4 is 77.4 Å². The molecule has 13 amide bonds. The Morgan fingerprint density at radius 2 is 0.908 bits per heavy atom. The van der Waals surface area contributed by atoms with Gasteiger partial charge in [0, 0.05) is 51.9 Å². The van der Waals surface area contributed by atoms with Gasteiger partial charge in [0.25, 0.3) is 0 Å². The first-order valence-electron chi connectivity index (χ1n) is 33.7. The predicted octanol–water partition coefficient (Wildman–Crippen LogP) is -2.84. The van der Waals surface area contributed by atoms with Gasteiger partial charge >= 0.3 is 0 Å². The molecule has 0 radical (unpaired) electrons. The summed E-state index contributed by atoms with van der Waals surface area (Å²) in [5, 5.41) is 19.1. The number of thioether (sulfide) groups is 1. The van der Waals surface area contributed by atoms with Crippen LogP contribution in [0.4, 0.5) is 0 Å². The number of likely N-dealkylation sites (tertiary alicyclic amines) is 3. The van der Waals surface area contributed by atoms with Crippen LogP contribution in [-0.2, 0) is 75.2 Å². The SMILES string of the molecule is CSCC[C@@H](NC(=O)[C@H](CC(C)C)NC(=O)[C@@H]1CCCN1C(=O)[C@H](Cc1ccccc1)NC(=O)[C@H](Cc1ccccc1)NC(=O)[C@H](CCC(N)=O)NC(=O)[C@H](CCC(N)=O)NC(=O)[C@@H]1CCCN1C(=O)[C@H](CCCCN)NC(=O)[C@@H]1CCCN1C(=O)[C@@H](N)CCCN=C(N)N)C(N)=O. The molecule has 5 rings (SSSR count). The largest absolute Gasteiger partial charge is 0.370 e. The molecule has 0 saturated carbocycles. The van der Waals surface area contributed by atoms with E-state index >= 15 is 4.79 Å². The van der Waals surface area contributed by atoms with E-state index in [0.717, 1.165) is 0 Å². The minimum Gasteiger partial charge on any atom is -0.370 e. The molecule has 3 fully saturated rings. The Labute approximate surface area is 576 Å². The quantitative estimate of drug-likeness (QED) is 0.0181. The van der Waals surface area contributed by atoms with Gasteiger partial charge in [0.1, 0.15) is 60.4 Å². The van der Waals surface area contributed by atoms with E-state index in [0.29, 0.717) is 61.8 Å². The van der Waals surface area contributed by atoms with Gasteiger partial charge in [-0.05, 0) is 132 Å². The van der Waals surface area contributed by atoms with Crippen molar-refractivity contribution in [2.45, 2.75) is 202 Å². The third kappa shape index (κ3) is 25.5. The average Bonchev–Trinajstić information content (AvgIpc) is 1.60. The predicted molar refractivity (Wildman–Crippen MR) is 367 cm³/mol. The number of hydrogen-bond acceptors (Lipinski definition) is 17. The van der Waals surface area contributed by atoms with Crippen LogP contribution in [0.1, 0.15) is 134 Å². The molecule has 32 heteroatoms. The maximum absolute atomic E-state index is 15.0. The average molecular weight is 1390 g/mol. The highest BCUT2D eigenvalue weighted by Crippen LogP contribution is 2.25. The van der Waals surface area contributed by atoms with Crippen molar-refractivity contribution in [2.75, 3.05) is 44.7 Å². The zero-order valence-corrected chi connectivity index (χ0v) is 57.2. The van der Waals surface area contributed by atoms with Crippen molar-refractivity contribution in [3.63, 3.8) is 0 Å². The van der Waals surface area contributed by atoms with E-state index in [4.69, 9.17) is 40.1 Å². The number of hydrogen-bond donors (Lipinski definition) is 14. The summed E-state index contributed by atoms with van der Waals surface area (Å²) in [5.41, 5.74) is 40.9. The topological polar surface area (TPSA) is 510 Å². The van der Waals surface area contributed by atoms with Crippen LogP contribution in [0.25, 0.3) is 0 Å². The van der Waals surface area contributed by atoms with Gasteiger partial charge in [-0.15, -0.1) is 0 Å². The smallest absolute Gasteiger partial charge is 0.246 e. The van der Waals surface area contributed by atoms with Crippen LogP contribution in [0.2, 0.25) is 0 Å². The van der Waals surface area contributed by atoms with E-state index in [2.05, 4.69) is 42.2 Å². The summed E-state index contributed by atoms with van der Waals surface area (Å²) in [6.45, 7) is 4.69. The van der Waals surface area contributed by atoms with Gasteiger partial charge in [0.15, 0.2) is 5.96 Å². The number of carbonyl (C=O) groups excluding carboxylic acids is 13. The van der Waals surface area contributed by atoms with Crippen LogP contribution >= 0.6 is 11.8 Å². The Kier molecular flexibility index (Phi) is 33.1. The lowest BCUT2D eigenvalue weighted by Crippen LogP contribution is -2.61. The van der Waals surface area contributed by atoms with Crippen molar-refractivity contribution in [3.05, 3.63) is 71.8 Å². The Balaban J connectivity index is 1.37. The number of unbranched alkanes of at least 4 members (excludes halogenated alkanes) is 1. The van der Waals surface area contributed by atoms with Crippen molar-refractivity contribution in [2.24, 2.45) is 51.0 Å². The van der Waals surface area contributed by atoms with Gasteiger partial charge in [-0.3, -0.25) is 67.3 Å². The number of primary amides is 3. The number of nitrogens with two attached hydrogens (primary N) is 7. The second-order valence-electron chi connectivity index (χ2n) is 25.5. The maximum Gasteiger partial charge on any atom is 0.246 e. The maximum atomic E-state index is 15.0. The molecular weight excluding hydrogens is 1280 g/mol. The van der Waals surface area contributed by atoms with E-state index in [1.165, 1.54) is 26.5 Å². The number of carbonyl (C=O) groups is 13. The molecule has 540 valence electrons. The zero-order chi connectivity index (χ0) is 72.0. The third-order valence-electron chi connectivity index (χ3n) is 17.4. The Morgan fingerprint density at radius 3 is 1.38 bits per heavy atom. The second kappa shape index (κ2) is 40.7. The number of amides is 13. The van der Waals surface area contributed by atoms with Crippen LogP contribution in [0.3, 0.4) is 0 Å². The van der Waals surface area contributed by atoms with Gasteiger partial charge in [-0.2, -0.15) is 11.8 Å². The first-order chi connectivity index (χ1) is 46.7. The van der Waals surface area contributed by atoms with Crippen LogP contribution in [0, 0.1) is 5.92 Å². The minimum atomic E-state index is -1.64. The Hall–Kier alpha value is -8.91. The molecule has 0 aliphatic carbocycles. The van der Waals surface area contributed by atoms with Crippen LogP contribution in [-0.4, -0.2) is 209 Å². The van der Waals surface area contributed by atoms with E-state index in [-0.39, 0.29) is 96.0 Å². The fourth-order valence-corrected chi connectivity index (χ4v) is 12.7. The van der Waals surface area contributed by atoms with Crippen LogP contribution in [0.5, 0.6) is 0 Å². The highest BCUT2D eigenvalue weighted by Gasteiger charge is 2.44. The molecule has 2 aromatic carbocycles. The summed E-state index contributed by atoms with van der Waals surface area (Å²) >= 11 is 1.47. The summed E-state index contributed by atoms with van der Waals surface area (Å²) in [4.78, 5) is 189. The van der Waals surface area contributed by atoms with Crippen molar-refractivity contribution >= 4 is 94.5 Å². The lowest BCUT2D eigenvalue weighted by molar-refractivity contribution is -0.144. The summed E-state index contributed by atoms with van der Waals surface area (Å²) < 4.78 is 0. The minimum absolute atomic E-state index is 0.0759. The molecule has 0 bridgehead atoms. The van der Waals surface area contributed by atoms with Crippen LogP contribution in [0.15, 0.2) is 65.7 Å². The highest BCUT2D eigenvalue weighted by molar-refractivity contribution is 7.98. The normalized spacial score (nSPS) is 18.3. The molecule has 98 heavy (non-hydrogen) atoms. The van der Waals surface area contributed by atoms with Gasteiger partial charge in [0.2, 0.25) is 76.8 Å². The number of guanidine groups is 1. The molecule has 3 saturated heterocycles. The van der Waals surface area contributed by atoms with E-state index in [1.807, 2.05) is 20.1 Å². The lowest BCUT2D eigenvalue weighted by atomic mass is 10.0. The van der Waals surface area contributed by atoms with Gasteiger partial charge in [-0.1, -0.05) is 74.5 Å². The molecule has 21 N–H and O–H groups in total. The molecule has 31 nitrogen and oxygen atoms in total. The number of aliphatic imine (C=N–C) groups is 1. The molecular formula is C66H102N18O13S. The molecule has 0 spiro atoms. The zero-order valence-electron chi connectivity index (χ0n) is 56.4. The van der Waals surface area contributed by atoms with Gasteiger partial charge in [0.05, 0.1) is 6.04 Å². The van der Waals surface area contributed by atoms with Crippen molar-refractivity contribution < 1.29 is 62.3 Å². The van der Waals surface area contributed by atoms with Gasteiger partial charge < -0.3 is 92.1 Å². The van der Waals surface area contributed by atoms with E-state index < -0.39 is 169 Å². The summed E-state index contributed by atoms with van der Waals surface area (Å²) in [6.07, 6.45) is 3.85. The fraction of sp³-hybridized carbons (Fsp3) is 0.606. The Morgan fingerprint density at radius 1 is 0.490 bits per heavy atom. The highest BCUT2D eigenvalue weighted by atomic mass is 32.2. The Bertz CT molecular complexity index is 3090. The second-order valence-corrected chi connectivity index (χ2v) is 26.5. The standard InChI is InChI=1S/C66H102N18O13S/c1-39(2)36-47(58(90)75-43(55(71)87)29-35-98-3)80-62(94)52-24-15-34-84(52)65(97)49(38-41-18-8-5-9-19-41)81-59(91)48(37-40-16-6-4-7-17-40)79-57(89)44(25-27-53(69)85)76-56(88)45(26-28-54(70)86)77-60(92)51-23-14-33-83(51)64(96)46(21-10-11-30-67)78-61(93)50-22-13-32-82(50)63(95)42(68)20-12-31-74-66(72)73/h4-9,16-19,39,42-52H,10-15,20-38,67-68H2,1-3H3,(H2,69,85)(H2,70,86)(H2,71,87)(H,75,90)(H,76,88)(H,77,92)(H,78,93)(H,79,89)(H,80,94)(H,81,91)(H4,72,73,74)/t42-,43+,44-,45-,46-,47-,48-,49-,50-,51-,52-/m0/s1. The number of rotatable bonds is 41. The molecule has 3 aliphatic rings. The summed E-state index contributed by atoms with van der Waals surface area (Å²) in [7, 11) is 0. The van der Waals surface area contributed by atoms with Gasteiger partial charge in [-0.25, -0.2) is 0 Å². The van der Waals surface area contributed by atoms with E-state index in [9.17, 15) is 57.5 Å². The number of nitrogens with one attached hydrogen (secondary N) is 7. The fourth-order valence-electron chi connectivity index (χ4n) is 12.3. The first kappa shape index (κ1) is 79.8. The third-order valence-corrected chi connectivity index (χ3v) is 18.1. The van der Waals surface area contributed by atoms with Crippen molar-refractivity contribution in [3.8, 4) is 0 Å².